The second-order valence-electron chi connectivity index (χ2n) is 17.2. The first kappa shape index (κ1) is 38.3. The molecular formula is C61H44N4. The minimum atomic E-state index is 0.673. The van der Waals surface area contributed by atoms with Crippen LogP contribution in [-0.4, -0.2) is 19.1 Å². The fourth-order valence-corrected chi connectivity index (χ4v) is 10.2. The van der Waals surface area contributed by atoms with Crippen molar-refractivity contribution in [2.75, 3.05) is 0 Å². The van der Waals surface area contributed by atoms with Crippen LogP contribution < -0.4 is 0 Å². The lowest BCUT2D eigenvalue weighted by Gasteiger charge is -2.18. The third-order valence-corrected chi connectivity index (χ3v) is 13.0. The maximum Gasteiger partial charge on any atom is 0.160 e. The largest absolute Gasteiger partial charge is 0.309 e. The summed E-state index contributed by atoms with van der Waals surface area (Å²) < 4.78 is 4.85. The van der Waals surface area contributed by atoms with Gasteiger partial charge in [-0.2, -0.15) is 0 Å². The SMILES string of the molecule is Cc1cc(C)c(-c2ccc3c(c2)c2ccccc2n3-c2ccc(-c3nc(-c4ccccc4)cc(-c4ccccc4)n3)cc2-c2cccc(-n3c4ccccc4c4ccccc43)c2)c(C)c1. The van der Waals surface area contributed by atoms with Gasteiger partial charge in [0.15, 0.2) is 5.82 Å². The minimum Gasteiger partial charge on any atom is -0.309 e. The van der Waals surface area contributed by atoms with Crippen molar-refractivity contribution in [3.05, 3.63) is 229 Å². The smallest absolute Gasteiger partial charge is 0.160 e. The van der Waals surface area contributed by atoms with Crippen molar-refractivity contribution in [1.29, 1.82) is 0 Å². The van der Waals surface area contributed by atoms with Crippen LogP contribution in [-0.2, 0) is 0 Å². The summed E-state index contributed by atoms with van der Waals surface area (Å²) in [7, 11) is 0. The Bertz CT molecular complexity index is 3670. The van der Waals surface area contributed by atoms with E-state index in [2.05, 4.69) is 230 Å². The van der Waals surface area contributed by atoms with Crippen molar-refractivity contribution in [3.63, 3.8) is 0 Å². The minimum absolute atomic E-state index is 0.673. The van der Waals surface area contributed by atoms with E-state index in [1.54, 1.807) is 0 Å². The zero-order chi connectivity index (χ0) is 43.6. The predicted octanol–water partition coefficient (Wildman–Crippen LogP) is 15.9. The van der Waals surface area contributed by atoms with Gasteiger partial charge in [0.05, 0.1) is 39.1 Å². The summed E-state index contributed by atoms with van der Waals surface area (Å²) in [6.07, 6.45) is 0. The Labute approximate surface area is 378 Å². The summed E-state index contributed by atoms with van der Waals surface area (Å²) in [6, 6.07) is 76.5. The summed E-state index contributed by atoms with van der Waals surface area (Å²) in [5.41, 5.74) is 20.2. The molecule has 4 heteroatoms. The van der Waals surface area contributed by atoms with E-state index in [-0.39, 0.29) is 0 Å². The highest BCUT2D eigenvalue weighted by molar-refractivity contribution is 6.12. The molecule has 0 radical (unpaired) electrons. The molecule has 0 aliphatic rings. The molecule has 0 amide bonds. The molecule has 0 saturated carbocycles. The summed E-state index contributed by atoms with van der Waals surface area (Å²) >= 11 is 0. The van der Waals surface area contributed by atoms with Gasteiger partial charge < -0.3 is 9.13 Å². The van der Waals surface area contributed by atoms with Gasteiger partial charge >= 0.3 is 0 Å². The Balaban J connectivity index is 1.12. The Kier molecular flexibility index (Phi) is 9.13. The quantitative estimate of drug-likeness (QED) is 0.160. The normalized spacial score (nSPS) is 11.6. The lowest BCUT2D eigenvalue weighted by molar-refractivity contribution is 1.16. The first-order chi connectivity index (χ1) is 32.0. The maximum atomic E-state index is 5.29. The second-order valence-corrected chi connectivity index (χ2v) is 17.2. The topological polar surface area (TPSA) is 35.6 Å². The zero-order valence-electron chi connectivity index (χ0n) is 36.5. The molecule has 4 nitrogen and oxygen atoms in total. The lowest BCUT2D eigenvalue weighted by atomic mass is 9.93. The van der Waals surface area contributed by atoms with E-state index in [4.69, 9.17) is 9.97 Å². The molecule has 65 heavy (non-hydrogen) atoms. The van der Waals surface area contributed by atoms with Gasteiger partial charge in [0.25, 0.3) is 0 Å². The van der Waals surface area contributed by atoms with Gasteiger partial charge in [-0.15, -0.1) is 0 Å². The van der Waals surface area contributed by atoms with Gasteiger partial charge in [0, 0.05) is 49.5 Å². The van der Waals surface area contributed by atoms with E-state index >= 15 is 0 Å². The van der Waals surface area contributed by atoms with Crippen LogP contribution in [0.5, 0.6) is 0 Å². The first-order valence-corrected chi connectivity index (χ1v) is 22.3. The summed E-state index contributed by atoms with van der Waals surface area (Å²) in [5.74, 6) is 0.673. The van der Waals surface area contributed by atoms with E-state index < -0.39 is 0 Å². The van der Waals surface area contributed by atoms with Crippen molar-refractivity contribution in [3.8, 4) is 67.5 Å². The van der Waals surface area contributed by atoms with Gasteiger partial charge in [0.2, 0.25) is 0 Å². The number of para-hydroxylation sites is 3. The van der Waals surface area contributed by atoms with Crippen molar-refractivity contribution in [1.82, 2.24) is 19.1 Å². The van der Waals surface area contributed by atoms with Gasteiger partial charge in [-0.05, 0) is 115 Å². The molecule has 0 bridgehead atoms. The third-order valence-electron chi connectivity index (χ3n) is 13.0. The van der Waals surface area contributed by atoms with E-state index in [9.17, 15) is 0 Å². The molecule has 9 aromatic carbocycles. The molecule has 308 valence electrons. The van der Waals surface area contributed by atoms with Crippen LogP contribution in [0.4, 0.5) is 0 Å². The van der Waals surface area contributed by atoms with Crippen LogP contribution in [0.2, 0.25) is 0 Å². The van der Waals surface area contributed by atoms with Crippen LogP contribution in [0, 0.1) is 20.8 Å². The van der Waals surface area contributed by atoms with Gasteiger partial charge in [-0.1, -0.05) is 151 Å². The number of hydrogen-bond donors (Lipinski definition) is 0. The van der Waals surface area contributed by atoms with Crippen LogP contribution in [0.1, 0.15) is 16.7 Å². The summed E-state index contributed by atoms with van der Waals surface area (Å²) in [6.45, 7) is 6.63. The average Bonchev–Trinajstić information content (AvgIpc) is 3.87. The fraction of sp³-hybridized carbons (Fsp3) is 0.0492. The molecule has 12 aromatic rings. The van der Waals surface area contributed by atoms with Crippen LogP contribution in [0.3, 0.4) is 0 Å². The molecular weight excluding hydrogens is 789 g/mol. The number of fused-ring (bicyclic) bond motifs is 6. The molecule has 0 saturated heterocycles. The van der Waals surface area contributed by atoms with Crippen molar-refractivity contribution in [2.45, 2.75) is 20.8 Å². The number of hydrogen-bond acceptors (Lipinski definition) is 2. The van der Waals surface area contributed by atoms with Crippen LogP contribution in [0.15, 0.2) is 212 Å². The highest BCUT2D eigenvalue weighted by Crippen LogP contribution is 2.42. The Morgan fingerprint density at radius 3 is 1.46 bits per heavy atom. The standard InChI is InChI=1S/C61H44N4/c1-39-33-40(2)60(41(3)34-39)45-29-31-59-52(36-45)50-25-12-15-28-57(50)65(59)58-32-30-46(61-62-53(42-17-6-4-7-18-42)38-54(63-61)43-19-8-5-9-20-43)37-51(58)44-21-16-22-47(35-44)64-55-26-13-10-23-48(55)49-24-11-14-27-56(49)64/h4-38H,1-3H3. The maximum absolute atomic E-state index is 5.29. The number of nitrogens with zero attached hydrogens (tertiary/aromatic N) is 4. The van der Waals surface area contributed by atoms with Crippen molar-refractivity contribution < 1.29 is 0 Å². The zero-order valence-corrected chi connectivity index (χ0v) is 36.5. The predicted molar refractivity (Wildman–Crippen MR) is 272 cm³/mol. The van der Waals surface area contributed by atoms with Crippen molar-refractivity contribution >= 4 is 43.6 Å². The van der Waals surface area contributed by atoms with E-state index in [0.29, 0.717) is 5.82 Å². The molecule has 0 aliphatic carbocycles. The third kappa shape index (κ3) is 6.53. The number of benzene rings is 9. The molecule has 0 fully saturated rings. The van der Waals surface area contributed by atoms with Crippen LogP contribution >= 0.6 is 0 Å². The monoisotopic (exact) mass is 832 g/mol. The fourth-order valence-electron chi connectivity index (χ4n) is 10.2. The molecule has 3 heterocycles. The van der Waals surface area contributed by atoms with E-state index in [0.717, 1.165) is 61.6 Å². The average molecular weight is 833 g/mol. The number of aromatic nitrogens is 4. The Morgan fingerprint density at radius 2 is 0.846 bits per heavy atom. The molecule has 3 aromatic heterocycles. The van der Waals surface area contributed by atoms with Crippen LogP contribution in [0.25, 0.3) is 111 Å². The second kappa shape index (κ2) is 15.5. The van der Waals surface area contributed by atoms with Gasteiger partial charge in [0.1, 0.15) is 0 Å². The van der Waals surface area contributed by atoms with Gasteiger partial charge in [-0.3, -0.25) is 0 Å². The molecule has 12 rings (SSSR count). The highest BCUT2D eigenvalue weighted by Gasteiger charge is 2.21. The Morgan fingerprint density at radius 1 is 0.338 bits per heavy atom. The summed E-state index contributed by atoms with van der Waals surface area (Å²) in [5, 5.41) is 4.91. The molecule has 0 aliphatic heterocycles. The molecule has 0 spiro atoms. The number of rotatable bonds is 7. The molecule has 0 unspecified atom stereocenters. The van der Waals surface area contributed by atoms with E-state index in [1.807, 2.05) is 12.1 Å². The molecule has 0 N–H and O–H groups in total. The van der Waals surface area contributed by atoms with Crippen molar-refractivity contribution in [2.24, 2.45) is 0 Å². The lowest BCUT2D eigenvalue weighted by Crippen LogP contribution is -2.01. The number of aryl methyl sites for hydroxylation is 3. The molecule has 0 atom stereocenters. The first-order valence-electron chi connectivity index (χ1n) is 22.3. The highest BCUT2D eigenvalue weighted by atomic mass is 15.0. The Hall–Kier alpha value is -8.34. The van der Waals surface area contributed by atoms with Gasteiger partial charge in [-0.25, -0.2) is 9.97 Å². The summed E-state index contributed by atoms with van der Waals surface area (Å²) in [4.78, 5) is 10.6. The van der Waals surface area contributed by atoms with E-state index in [1.165, 1.54) is 60.4 Å².